The van der Waals surface area contributed by atoms with Gasteiger partial charge in [-0.1, -0.05) is 29.8 Å². The third-order valence-electron chi connectivity index (χ3n) is 5.54. The Morgan fingerprint density at radius 2 is 2.10 bits per heavy atom. The first-order valence-corrected chi connectivity index (χ1v) is 8.15. The van der Waals surface area contributed by atoms with Crippen molar-refractivity contribution in [1.29, 1.82) is 0 Å². The Morgan fingerprint density at radius 3 is 2.95 bits per heavy atom. The lowest BCUT2D eigenvalue weighted by Gasteiger charge is -2.45. The number of hydrogen-bond donors (Lipinski definition) is 1. The molecule has 1 aromatic carbocycles. The minimum Gasteiger partial charge on any atom is -0.316 e. The van der Waals surface area contributed by atoms with Gasteiger partial charge in [0.25, 0.3) is 0 Å². The first kappa shape index (κ1) is 14.1. The summed E-state index contributed by atoms with van der Waals surface area (Å²) in [6.45, 7) is 7.12. The van der Waals surface area contributed by atoms with Crippen molar-refractivity contribution in [2.75, 3.05) is 33.2 Å². The molecule has 1 N–H and O–H groups in total. The van der Waals surface area contributed by atoms with Gasteiger partial charge in [-0.3, -0.25) is 0 Å². The van der Waals surface area contributed by atoms with Crippen LogP contribution >= 0.6 is 0 Å². The van der Waals surface area contributed by atoms with Gasteiger partial charge >= 0.3 is 0 Å². The largest absolute Gasteiger partial charge is 0.316 e. The van der Waals surface area contributed by atoms with Crippen molar-refractivity contribution >= 4 is 0 Å². The van der Waals surface area contributed by atoms with Gasteiger partial charge in [-0.05, 0) is 70.3 Å². The lowest BCUT2D eigenvalue weighted by molar-refractivity contribution is 0.137. The van der Waals surface area contributed by atoms with Crippen molar-refractivity contribution in [3.63, 3.8) is 0 Å². The highest BCUT2D eigenvalue weighted by Gasteiger charge is 2.41. The zero-order chi connectivity index (χ0) is 14.0. The quantitative estimate of drug-likeness (QED) is 0.845. The Bertz CT molecular complexity index is 456. The first-order valence-electron chi connectivity index (χ1n) is 8.15. The molecule has 2 heterocycles. The molecule has 1 aromatic rings. The summed E-state index contributed by atoms with van der Waals surface area (Å²) >= 11 is 0. The minimum absolute atomic E-state index is 0.532. The Morgan fingerprint density at radius 1 is 1.20 bits per heavy atom. The highest BCUT2D eigenvalue weighted by atomic mass is 15.1. The highest BCUT2D eigenvalue weighted by Crippen LogP contribution is 2.48. The highest BCUT2D eigenvalue weighted by molar-refractivity contribution is 5.28. The van der Waals surface area contributed by atoms with E-state index in [4.69, 9.17) is 0 Å². The van der Waals surface area contributed by atoms with Gasteiger partial charge in [0.05, 0.1) is 0 Å². The second-order valence-electron chi connectivity index (χ2n) is 6.94. The average molecular weight is 272 g/mol. The molecule has 1 spiro atoms. The number of hydrogen-bond acceptors (Lipinski definition) is 2. The Balaban J connectivity index is 1.90. The third-order valence-corrected chi connectivity index (χ3v) is 5.54. The normalized spacial score (nSPS) is 32.2. The number of piperidine rings is 1. The van der Waals surface area contributed by atoms with Crippen molar-refractivity contribution in [2.24, 2.45) is 5.41 Å². The van der Waals surface area contributed by atoms with Crippen LogP contribution in [0.15, 0.2) is 24.3 Å². The molecule has 2 nitrogen and oxygen atoms in total. The molecule has 2 unspecified atom stereocenters. The molecule has 2 heteroatoms. The van der Waals surface area contributed by atoms with Crippen LogP contribution in [0.25, 0.3) is 0 Å². The van der Waals surface area contributed by atoms with E-state index < -0.39 is 0 Å². The molecule has 2 atom stereocenters. The summed E-state index contributed by atoms with van der Waals surface area (Å²) < 4.78 is 0. The van der Waals surface area contributed by atoms with E-state index in [-0.39, 0.29) is 0 Å². The summed E-state index contributed by atoms with van der Waals surface area (Å²) in [5.41, 5.74) is 3.49. The molecule has 0 bridgehead atoms. The summed E-state index contributed by atoms with van der Waals surface area (Å²) in [5.74, 6) is 0.697. The van der Waals surface area contributed by atoms with Crippen molar-refractivity contribution in [3.05, 3.63) is 35.4 Å². The molecule has 0 radical (unpaired) electrons. The second-order valence-corrected chi connectivity index (χ2v) is 6.94. The second kappa shape index (κ2) is 5.87. The lowest BCUT2D eigenvalue weighted by atomic mass is 9.64. The van der Waals surface area contributed by atoms with E-state index >= 15 is 0 Å². The predicted octanol–water partition coefficient (Wildman–Crippen LogP) is 3.17. The SMILES string of the molecule is Cc1cccc(C2CNCCC23CCCN(C)CC3)c1. The number of aryl methyl sites for hydroxylation is 1. The Labute approximate surface area is 123 Å². The van der Waals surface area contributed by atoms with Crippen LogP contribution in [0.1, 0.15) is 42.7 Å². The first-order chi connectivity index (χ1) is 9.70. The van der Waals surface area contributed by atoms with Gasteiger partial charge in [0.2, 0.25) is 0 Å². The van der Waals surface area contributed by atoms with Gasteiger partial charge in [0.1, 0.15) is 0 Å². The fourth-order valence-electron chi connectivity index (χ4n) is 4.28. The zero-order valence-corrected chi connectivity index (χ0v) is 13.0. The van der Waals surface area contributed by atoms with Crippen molar-refractivity contribution in [1.82, 2.24) is 10.2 Å². The van der Waals surface area contributed by atoms with Crippen LogP contribution in [0.4, 0.5) is 0 Å². The molecule has 3 rings (SSSR count). The van der Waals surface area contributed by atoms with Gasteiger partial charge in [0.15, 0.2) is 0 Å². The molecule has 20 heavy (non-hydrogen) atoms. The van der Waals surface area contributed by atoms with Gasteiger partial charge in [-0.25, -0.2) is 0 Å². The fraction of sp³-hybridized carbons (Fsp3) is 0.667. The molecule has 0 amide bonds. The van der Waals surface area contributed by atoms with Crippen molar-refractivity contribution in [3.8, 4) is 0 Å². The summed E-state index contributed by atoms with van der Waals surface area (Å²) in [6.07, 6.45) is 5.47. The van der Waals surface area contributed by atoms with Crippen LogP contribution in [0.2, 0.25) is 0 Å². The average Bonchev–Trinajstić information content (AvgIpc) is 2.63. The number of rotatable bonds is 1. The van der Waals surface area contributed by atoms with E-state index in [0.29, 0.717) is 11.3 Å². The molecular weight excluding hydrogens is 244 g/mol. The number of likely N-dealkylation sites (tertiary alicyclic amines) is 1. The van der Waals surface area contributed by atoms with Gasteiger partial charge < -0.3 is 10.2 Å². The number of nitrogens with zero attached hydrogens (tertiary/aromatic N) is 1. The van der Waals surface area contributed by atoms with Crippen LogP contribution in [0, 0.1) is 12.3 Å². The van der Waals surface area contributed by atoms with Crippen molar-refractivity contribution in [2.45, 2.75) is 38.5 Å². The van der Waals surface area contributed by atoms with Gasteiger partial charge in [-0.15, -0.1) is 0 Å². The monoisotopic (exact) mass is 272 g/mol. The maximum absolute atomic E-state index is 3.64. The molecule has 2 aliphatic rings. The fourth-order valence-corrected chi connectivity index (χ4v) is 4.28. The molecule has 110 valence electrons. The number of nitrogens with one attached hydrogen (secondary N) is 1. The molecule has 0 saturated carbocycles. The van der Waals surface area contributed by atoms with Crippen LogP contribution in [-0.2, 0) is 0 Å². The van der Waals surface area contributed by atoms with E-state index in [1.165, 1.54) is 50.9 Å². The van der Waals surface area contributed by atoms with E-state index in [2.05, 4.69) is 48.5 Å². The van der Waals surface area contributed by atoms with E-state index in [1.807, 2.05) is 0 Å². The lowest BCUT2D eigenvalue weighted by Crippen LogP contribution is -2.44. The Kier molecular flexibility index (Phi) is 4.13. The zero-order valence-electron chi connectivity index (χ0n) is 13.0. The maximum Gasteiger partial charge on any atom is 0.00255 e. The van der Waals surface area contributed by atoms with Crippen molar-refractivity contribution < 1.29 is 0 Å². The molecule has 2 saturated heterocycles. The topological polar surface area (TPSA) is 15.3 Å². The van der Waals surface area contributed by atoms with E-state index in [0.717, 1.165) is 6.54 Å². The molecule has 0 aromatic heterocycles. The summed E-state index contributed by atoms with van der Waals surface area (Å²) in [7, 11) is 2.28. The molecular formula is C18H28N2. The molecule has 2 aliphatic heterocycles. The summed E-state index contributed by atoms with van der Waals surface area (Å²) in [4.78, 5) is 2.52. The van der Waals surface area contributed by atoms with Crippen LogP contribution in [0.3, 0.4) is 0 Å². The summed E-state index contributed by atoms with van der Waals surface area (Å²) in [6, 6.07) is 9.21. The summed E-state index contributed by atoms with van der Waals surface area (Å²) in [5, 5.41) is 3.64. The predicted molar refractivity (Wildman–Crippen MR) is 85.2 cm³/mol. The number of benzene rings is 1. The minimum atomic E-state index is 0.532. The van der Waals surface area contributed by atoms with Crippen LogP contribution in [0.5, 0.6) is 0 Å². The van der Waals surface area contributed by atoms with Crippen LogP contribution in [-0.4, -0.2) is 38.1 Å². The molecule has 0 aliphatic carbocycles. The Hall–Kier alpha value is -0.860. The smallest absolute Gasteiger partial charge is 0.00255 e. The maximum atomic E-state index is 3.64. The van der Waals surface area contributed by atoms with E-state index in [1.54, 1.807) is 5.56 Å². The van der Waals surface area contributed by atoms with Gasteiger partial charge in [-0.2, -0.15) is 0 Å². The third kappa shape index (κ3) is 2.77. The molecule has 2 fully saturated rings. The van der Waals surface area contributed by atoms with Crippen LogP contribution < -0.4 is 5.32 Å². The van der Waals surface area contributed by atoms with E-state index in [9.17, 15) is 0 Å². The van der Waals surface area contributed by atoms with Gasteiger partial charge in [0, 0.05) is 12.5 Å². The standard InChI is InChI=1S/C18H28N2/c1-15-5-3-6-16(13-15)17-14-19-10-8-18(17)7-4-11-20(2)12-9-18/h3,5-6,13,17,19H,4,7-12,14H2,1-2H3.